The van der Waals surface area contributed by atoms with Gasteiger partial charge >= 0.3 is 0 Å². The molecule has 27 heavy (non-hydrogen) atoms. The van der Waals surface area contributed by atoms with Crippen LogP contribution in [0.4, 0.5) is 0 Å². The monoisotopic (exact) mass is 368 g/mol. The van der Waals surface area contributed by atoms with Crippen LogP contribution in [0.15, 0.2) is 24.7 Å². The molecule has 0 spiro atoms. The highest BCUT2D eigenvalue weighted by Gasteiger charge is 2.44. The first kappa shape index (κ1) is 17.6. The van der Waals surface area contributed by atoms with Crippen LogP contribution in [0.25, 0.3) is 0 Å². The second-order valence-electron chi connectivity index (χ2n) is 7.34. The summed E-state index contributed by atoms with van der Waals surface area (Å²) in [5, 5.41) is 7.42. The highest BCUT2D eigenvalue weighted by molar-refractivity contribution is 5.93. The molecule has 2 aliphatic rings. The molecule has 3 atom stereocenters. The van der Waals surface area contributed by atoms with Crippen LogP contribution >= 0.6 is 0 Å². The lowest BCUT2D eigenvalue weighted by atomic mass is 9.96. The van der Waals surface area contributed by atoms with Gasteiger partial charge in [-0.05, 0) is 45.6 Å². The van der Waals surface area contributed by atoms with Crippen LogP contribution in [0.5, 0.6) is 0 Å². The number of hydrogen-bond donors (Lipinski definition) is 1. The fourth-order valence-corrected chi connectivity index (χ4v) is 4.18. The highest BCUT2D eigenvalue weighted by atomic mass is 16.2. The number of carbonyl (C=O) groups excluding carboxylic acids is 2. The zero-order valence-corrected chi connectivity index (χ0v) is 15.6. The van der Waals surface area contributed by atoms with E-state index in [2.05, 4.69) is 20.4 Å². The van der Waals surface area contributed by atoms with Gasteiger partial charge in [0.05, 0.1) is 11.9 Å². The molecule has 2 aliphatic heterocycles. The minimum Gasteiger partial charge on any atom is -0.348 e. The van der Waals surface area contributed by atoms with E-state index < -0.39 is 0 Å². The third-order valence-electron chi connectivity index (χ3n) is 5.50. The zero-order chi connectivity index (χ0) is 19.0. The molecule has 2 bridgehead atoms. The Morgan fingerprint density at radius 3 is 2.48 bits per heavy atom. The standard InChI is InChI=1S/C19H24N6O2/c1-3-24-7-6-16(23-24)19(27)25-14-4-5-15(25)9-13(8-14)22-18(26)17-11-20-12(2)10-21-17/h6-7,10-11,13-15H,3-5,8-9H2,1-2H3,(H,22,26)/t13?,14-,15+. The van der Waals surface area contributed by atoms with E-state index in [4.69, 9.17) is 0 Å². The largest absolute Gasteiger partial charge is 0.348 e. The quantitative estimate of drug-likeness (QED) is 0.884. The number of carbonyl (C=O) groups is 2. The SMILES string of the molecule is CCn1ccc(C(=O)N2[C@@H]3CC[C@H]2CC(NC(=O)c2cnc(C)cn2)C3)n1. The number of hydrogen-bond acceptors (Lipinski definition) is 5. The van der Waals surface area contributed by atoms with Gasteiger partial charge in [-0.15, -0.1) is 0 Å². The van der Waals surface area contributed by atoms with Crippen molar-refractivity contribution in [2.24, 2.45) is 0 Å². The van der Waals surface area contributed by atoms with E-state index in [0.29, 0.717) is 11.4 Å². The van der Waals surface area contributed by atoms with Crippen molar-refractivity contribution in [1.82, 2.24) is 30.0 Å². The lowest BCUT2D eigenvalue weighted by Gasteiger charge is -2.38. The van der Waals surface area contributed by atoms with Crippen LogP contribution in [0.1, 0.15) is 59.3 Å². The van der Waals surface area contributed by atoms with E-state index in [1.54, 1.807) is 16.9 Å². The highest BCUT2D eigenvalue weighted by Crippen LogP contribution is 2.36. The van der Waals surface area contributed by atoms with Crippen LogP contribution in [-0.4, -0.2) is 54.6 Å². The van der Waals surface area contributed by atoms with Gasteiger partial charge in [0.1, 0.15) is 11.4 Å². The summed E-state index contributed by atoms with van der Waals surface area (Å²) >= 11 is 0. The lowest BCUT2D eigenvalue weighted by Crippen LogP contribution is -2.52. The fraction of sp³-hybridized carbons (Fsp3) is 0.526. The summed E-state index contributed by atoms with van der Waals surface area (Å²) in [5.41, 5.74) is 1.62. The van der Waals surface area contributed by atoms with Crippen molar-refractivity contribution >= 4 is 11.8 Å². The Morgan fingerprint density at radius 2 is 1.89 bits per heavy atom. The molecule has 0 saturated carbocycles. The summed E-state index contributed by atoms with van der Waals surface area (Å²) in [5.74, 6) is -0.197. The third-order valence-corrected chi connectivity index (χ3v) is 5.50. The van der Waals surface area contributed by atoms with Crippen LogP contribution in [0.2, 0.25) is 0 Å². The molecule has 4 rings (SSSR count). The van der Waals surface area contributed by atoms with Crippen LogP contribution < -0.4 is 5.32 Å². The molecule has 2 saturated heterocycles. The summed E-state index contributed by atoms with van der Waals surface area (Å²) in [6.45, 7) is 4.58. The summed E-state index contributed by atoms with van der Waals surface area (Å²) < 4.78 is 1.77. The summed E-state index contributed by atoms with van der Waals surface area (Å²) in [4.78, 5) is 35.6. The van der Waals surface area contributed by atoms with E-state index >= 15 is 0 Å². The maximum Gasteiger partial charge on any atom is 0.274 e. The summed E-state index contributed by atoms with van der Waals surface area (Å²) in [6, 6.07) is 2.14. The van der Waals surface area contributed by atoms with Gasteiger partial charge in [-0.3, -0.25) is 19.3 Å². The Balaban J connectivity index is 1.41. The molecule has 8 heteroatoms. The van der Waals surface area contributed by atoms with Gasteiger partial charge in [0.15, 0.2) is 0 Å². The Labute approximate surface area is 158 Å². The maximum absolute atomic E-state index is 12.9. The predicted molar refractivity (Wildman–Crippen MR) is 98.1 cm³/mol. The first-order valence-electron chi connectivity index (χ1n) is 9.50. The molecule has 2 aromatic rings. The van der Waals surface area contributed by atoms with E-state index in [0.717, 1.165) is 37.9 Å². The first-order chi connectivity index (χ1) is 13.0. The Hall–Kier alpha value is -2.77. The Kier molecular flexibility index (Phi) is 4.63. The minimum atomic E-state index is -0.201. The first-order valence-corrected chi connectivity index (χ1v) is 9.50. The average Bonchev–Trinajstić information content (AvgIpc) is 3.24. The molecule has 2 fully saturated rings. The second kappa shape index (κ2) is 7.09. The smallest absolute Gasteiger partial charge is 0.274 e. The number of fused-ring (bicyclic) bond motifs is 2. The molecule has 0 aromatic carbocycles. The third kappa shape index (κ3) is 3.43. The number of nitrogens with zero attached hydrogens (tertiary/aromatic N) is 5. The van der Waals surface area contributed by atoms with Crippen molar-refractivity contribution in [3.8, 4) is 0 Å². The van der Waals surface area contributed by atoms with E-state index in [-0.39, 0.29) is 29.9 Å². The lowest BCUT2D eigenvalue weighted by molar-refractivity contribution is 0.0542. The van der Waals surface area contributed by atoms with Crippen molar-refractivity contribution in [3.05, 3.63) is 41.7 Å². The normalized spacial score (nSPS) is 24.1. The van der Waals surface area contributed by atoms with Crippen LogP contribution in [0, 0.1) is 6.92 Å². The fourth-order valence-electron chi connectivity index (χ4n) is 4.18. The number of nitrogens with one attached hydrogen (secondary N) is 1. The van der Waals surface area contributed by atoms with Crippen molar-refractivity contribution < 1.29 is 9.59 Å². The number of amides is 2. The Morgan fingerprint density at radius 1 is 1.15 bits per heavy atom. The molecule has 2 aromatic heterocycles. The van der Waals surface area contributed by atoms with Crippen molar-refractivity contribution in [2.75, 3.05) is 0 Å². The van der Waals surface area contributed by atoms with E-state index in [1.807, 2.05) is 24.9 Å². The van der Waals surface area contributed by atoms with Gasteiger partial charge < -0.3 is 10.2 Å². The Bertz CT molecular complexity index is 832. The number of aromatic nitrogens is 4. The molecule has 2 amide bonds. The van der Waals surface area contributed by atoms with E-state index in [1.165, 1.54) is 6.20 Å². The van der Waals surface area contributed by atoms with Gasteiger partial charge in [0.2, 0.25) is 0 Å². The van der Waals surface area contributed by atoms with Crippen molar-refractivity contribution in [3.63, 3.8) is 0 Å². The van der Waals surface area contributed by atoms with Gasteiger partial charge in [-0.25, -0.2) is 4.98 Å². The molecule has 4 heterocycles. The topological polar surface area (TPSA) is 93.0 Å². The van der Waals surface area contributed by atoms with Crippen LogP contribution in [-0.2, 0) is 6.54 Å². The molecule has 1 N–H and O–H groups in total. The summed E-state index contributed by atoms with van der Waals surface area (Å²) in [6.07, 6.45) is 8.41. The average molecular weight is 368 g/mol. The van der Waals surface area contributed by atoms with Gasteiger partial charge in [-0.2, -0.15) is 5.10 Å². The van der Waals surface area contributed by atoms with Gasteiger partial charge in [-0.1, -0.05) is 0 Å². The molecule has 0 radical (unpaired) electrons. The molecular weight excluding hydrogens is 344 g/mol. The molecule has 0 aliphatic carbocycles. The van der Waals surface area contributed by atoms with Gasteiger partial charge in [0.25, 0.3) is 11.8 Å². The van der Waals surface area contributed by atoms with Crippen LogP contribution in [0.3, 0.4) is 0 Å². The van der Waals surface area contributed by atoms with Crippen molar-refractivity contribution in [2.45, 2.75) is 64.2 Å². The molecule has 1 unspecified atom stereocenters. The molecule has 142 valence electrons. The van der Waals surface area contributed by atoms with Crippen molar-refractivity contribution in [1.29, 1.82) is 0 Å². The maximum atomic E-state index is 12.9. The number of rotatable bonds is 4. The summed E-state index contributed by atoms with van der Waals surface area (Å²) in [7, 11) is 0. The predicted octanol–water partition coefficient (Wildman–Crippen LogP) is 1.57. The minimum absolute atomic E-state index is 0.00359. The second-order valence-corrected chi connectivity index (χ2v) is 7.34. The zero-order valence-electron chi connectivity index (χ0n) is 15.6. The number of piperidine rings is 1. The molecule has 8 nitrogen and oxygen atoms in total. The molecular formula is C19H24N6O2. The van der Waals surface area contributed by atoms with E-state index in [9.17, 15) is 9.59 Å². The number of aryl methyl sites for hydroxylation is 2. The van der Waals surface area contributed by atoms with Gasteiger partial charge in [0, 0.05) is 37.1 Å².